The minimum atomic E-state index is 0.496. The van der Waals surface area contributed by atoms with Crippen LogP contribution >= 0.6 is 11.3 Å². The van der Waals surface area contributed by atoms with Crippen molar-refractivity contribution >= 4 is 227 Å². The molecular weight excluding hydrogens is 1510 g/mol. The Bertz CT molecular complexity index is 9520. The van der Waals surface area contributed by atoms with E-state index >= 15 is 0 Å². The summed E-state index contributed by atoms with van der Waals surface area (Å²) in [5, 5.41) is 32.0. The average molecular weight is 1570 g/mol. The van der Waals surface area contributed by atoms with Crippen LogP contribution in [0, 0.1) is 0 Å². The number of nitrogens with zero attached hydrogens (tertiary/aromatic N) is 8. The minimum Gasteiger partial charge on any atom is -0.437 e. The highest BCUT2D eigenvalue weighted by atomic mass is 32.1. The third kappa shape index (κ3) is 9.08. The van der Waals surface area contributed by atoms with Crippen LogP contribution in [0.15, 0.2) is 381 Å². The van der Waals surface area contributed by atoms with E-state index < -0.39 is 0 Å². The van der Waals surface area contributed by atoms with Crippen molar-refractivity contribution in [1.29, 1.82) is 0 Å². The third-order valence-electron chi connectivity index (χ3n) is 26.3. The number of hydrogen-bond donors (Lipinski definition) is 0. The summed E-state index contributed by atoms with van der Waals surface area (Å²) in [6, 6.07) is 138. The van der Waals surface area contributed by atoms with Crippen LogP contribution in [0.2, 0.25) is 0 Å². The van der Waals surface area contributed by atoms with Crippen molar-refractivity contribution in [1.82, 2.24) is 38.2 Å². The quantitative estimate of drug-likeness (QED) is 0.148. The van der Waals surface area contributed by atoms with Gasteiger partial charge in [-0.3, -0.25) is 9.13 Å². The van der Waals surface area contributed by atoms with Crippen LogP contribution in [-0.2, 0) is 0 Å². The summed E-state index contributed by atoms with van der Waals surface area (Å²) >= 11 is 1.73. The van der Waals surface area contributed by atoms with E-state index in [9.17, 15) is 0 Å². The number of aromatic nitrogens is 8. The standard InChI is InChI=1S/C112H62N8OS/c1-3-25-69(26-4-1)117-91-40-20-17-36-78(91)80-49-46-67(61-95(80)117)105-103-90-60-66(48-58-97(90)121-109(103)115-111(113-105)119-93-56-54-83-75-33-12-11-31-73(75)74-32-15-16-38-82(74)99(83)101(93)87-52-43-63-23-7-9-29-71(63)107(87)119)65-45-51-85-89(59-65)77-35-14-13-34-76(77)84-55-57-94-102(100(84)85)88-53-44-64-24-8-10-30-72(64)108(88)120(94)112-114-106(104-86-39-19-22-42-98(86)122-110(104)116-112)68-47-50-81-79-37-18-21-41-92(79)118(96(81)62-68)70-27-5-2-6-28-70/h1-62H. The molecular formula is C112H62N8OS. The van der Waals surface area contributed by atoms with Gasteiger partial charge in [-0.1, -0.05) is 291 Å². The van der Waals surface area contributed by atoms with Crippen molar-refractivity contribution in [3.63, 3.8) is 0 Å². The second kappa shape index (κ2) is 24.7. The predicted octanol–water partition coefficient (Wildman–Crippen LogP) is 30.1. The van der Waals surface area contributed by atoms with Gasteiger partial charge in [0.15, 0.2) is 0 Å². The van der Waals surface area contributed by atoms with Crippen molar-refractivity contribution in [2.75, 3.05) is 0 Å². The Labute approximate surface area is 697 Å². The molecule has 8 heterocycles. The maximum absolute atomic E-state index is 7.30. The summed E-state index contributed by atoms with van der Waals surface area (Å²) in [6.45, 7) is 0. The van der Waals surface area contributed by atoms with Gasteiger partial charge in [-0.25, -0.2) is 15.0 Å². The van der Waals surface area contributed by atoms with Crippen LogP contribution in [0.3, 0.4) is 0 Å². The van der Waals surface area contributed by atoms with Crippen LogP contribution in [0.1, 0.15) is 0 Å². The highest BCUT2D eigenvalue weighted by Crippen LogP contribution is 2.51. The molecule has 20 aromatic carbocycles. The summed E-state index contributed by atoms with van der Waals surface area (Å²) in [5.74, 6) is 1.13. The van der Waals surface area contributed by atoms with E-state index in [0.29, 0.717) is 23.2 Å². The first-order valence-electron chi connectivity index (χ1n) is 41.6. The molecule has 9 nitrogen and oxygen atoms in total. The molecule has 122 heavy (non-hydrogen) atoms. The molecule has 28 rings (SSSR count). The largest absolute Gasteiger partial charge is 0.437 e. The Balaban J connectivity index is 0.678. The fourth-order valence-electron chi connectivity index (χ4n) is 21.2. The number of fused-ring (bicyclic) bond motifs is 36. The number of thiophene rings is 1. The molecule has 0 fully saturated rings. The second-order valence-electron chi connectivity index (χ2n) is 32.6. The van der Waals surface area contributed by atoms with E-state index in [-0.39, 0.29) is 0 Å². The fraction of sp³-hybridized carbons (Fsp3) is 0. The Hall–Kier alpha value is -16.1. The van der Waals surface area contributed by atoms with Crippen molar-refractivity contribution in [2.24, 2.45) is 0 Å². The van der Waals surface area contributed by atoms with Gasteiger partial charge < -0.3 is 13.6 Å². The zero-order valence-corrected chi connectivity index (χ0v) is 66.0. The van der Waals surface area contributed by atoms with Crippen molar-refractivity contribution < 1.29 is 4.42 Å². The molecule has 0 saturated carbocycles. The number of benzene rings is 20. The smallest absolute Gasteiger partial charge is 0.238 e. The molecule has 0 aliphatic carbocycles. The topological polar surface area (TPSA) is 84.4 Å². The van der Waals surface area contributed by atoms with E-state index in [1.54, 1.807) is 11.3 Å². The Kier molecular flexibility index (Phi) is 13.4. The lowest BCUT2D eigenvalue weighted by molar-refractivity contribution is 0.651. The van der Waals surface area contributed by atoms with Crippen molar-refractivity contribution in [3.05, 3.63) is 376 Å². The average Bonchev–Trinajstić information content (AvgIpc) is 1.51. The van der Waals surface area contributed by atoms with Gasteiger partial charge in [0.2, 0.25) is 17.6 Å². The van der Waals surface area contributed by atoms with Crippen molar-refractivity contribution in [3.8, 4) is 56.9 Å². The molecule has 0 bridgehead atoms. The molecule has 0 unspecified atom stereocenters. The summed E-state index contributed by atoms with van der Waals surface area (Å²) in [7, 11) is 0. The lowest BCUT2D eigenvalue weighted by atomic mass is 9.89. The first-order chi connectivity index (χ1) is 60.5. The lowest BCUT2D eigenvalue weighted by Gasteiger charge is -2.14. The highest BCUT2D eigenvalue weighted by Gasteiger charge is 2.30. The number of para-hydroxylation sites is 4. The molecule has 0 aliphatic heterocycles. The van der Waals surface area contributed by atoms with E-state index in [1.807, 2.05) is 0 Å². The van der Waals surface area contributed by atoms with Gasteiger partial charge in [-0.05, 0) is 161 Å². The first-order valence-corrected chi connectivity index (χ1v) is 42.4. The Morgan fingerprint density at radius 2 is 0.598 bits per heavy atom. The van der Waals surface area contributed by atoms with Crippen LogP contribution in [0.25, 0.3) is 273 Å². The minimum absolute atomic E-state index is 0.496. The normalized spacial score (nSPS) is 12.4. The summed E-state index contributed by atoms with van der Waals surface area (Å²) in [6.07, 6.45) is 0. The summed E-state index contributed by atoms with van der Waals surface area (Å²) < 4.78 is 17.9. The molecule has 0 atom stereocenters. The van der Waals surface area contributed by atoms with Gasteiger partial charge >= 0.3 is 0 Å². The van der Waals surface area contributed by atoms with E-state index in [1.165, 1.54) is 70.0 Å². The lowest BCUT2D eigenvalue weighted by Crippen LogP contribution is -2.03. The van der Waals surface area contributed by atoms with E-state index in [0.717, 1.165) is 179 Å². The molecule has 0 amide bonds. The molecule has 0 N–H and O–H groups in total. The fourth-order valence-corrected chi connectivity index (χ4v) is 22.3. The van der Waals surface area contributed by atoms with Crippen LogP contribution in [0.4, 0.5) is 0 Å². The van der Waals surface area contributed by atoms with Crippen LogP contribution in [-0.4, -0.2) is 38.2 Å². The van der Waals surface area contributed by atoms with E-state index in [4.69, 9.17) is 24.4 Å². The van der Waals surface area contributed by atoms with Gasteiger partial charge in [-0.2, -0.15) is 4.98 Å². The highest BCUT2D eigenvalue weighted by molar-refractivity contribution is 7.25. The summed E-state index contributed by atoms with van der Waals surface area (Å²) in [5.41, 5.74) is 17.7. The number of furan rings is 1. The zero-order valence-electron chi connectivity index (χ0n) is 65.2. The summed E-state index contributed by atoms with van der Waals surface area (Å²) in [4.78, 5) is 24.4. The maximum atomic E-state index is 7.30. The molecule has 8 aromatic heterocycles. The van der Waals surface area contributed by atoms with Gasteiger partial charge in [0.05, 0.1) is 60.9 Å². The molecule has 562 valence electrons. The van der Waals surface area contributed by atoms with Gasteiger partial charge in [0.25, 0.3) is 0 Å². The Morgan fingerprint density at radius 1 is 0.213 bits per heavy atom. The van der Waals surface area contributed by atoms with E-state index in [2.05, 4.69) is 394 Å². The molecule has 0 aliphatic rings. The second-order valence-corrected chi connectivity index (χ2v) is 33.6. The number of hydrogen-bond acceptors (Lipinski definition) is 6. The molecule has 0 saturated heterocycles. The van der Waals surface area contributed by atoms with Crippen LogP contribution in [0.5, 0.6) is 0 Å². The zero-order chi connectivity index (χ0) is 79.3. The SMILES string of the molecule is c1ccc(-n2c3ccccc3c3ccc(-c4nc(-n5c6ccc7c8ccccc8c8ccccc8c7c6c6ccc7ccccc7c65)nc5oc6ccc(-c7ccc8c(c7)c7ccccc7c7ccc9c(c%10ccc%11ccccc%11c%10n9-c9nc(-c%10ccc%11c%12ccccc%12n(-c%12ccccc%12)c%11c%10)c%10c(n9)sc9ccccc9%10)c78)cc6c45)cc32)cc1. The monoisotopic (exact) mass is 1570 g/mol. The van der Waals surface area contributed by atoms with Crippen LogP contribution < -0.4 is 0 Å². The molecule has 28 aromatic rings. The maximum Gasteiger partial charge on any atom is 0.238 e. The number of rotatable bonds is 7. The molecule has 0 radical (unpaired) electrons. The third-order valence-corrected chi connectivity index (χ3v) is 27.4. The Morgan fingerprint density at radius 3 is 1.16 bits per heavy atom. The van der Waals surface area contributed by atoms with Gasteiger partial charge in [0.1, 0.15) is 10.4 Å². The molecule has 10 heteroatoms. The molecule has 0 spiro atoms. The predicted molar refractivity (Wildman–Crippen MR) is 512 cm³/mol. The van der Waals surface area contributed by atoms with Crippen molar-refractivity contribution in [2.45, 2.75) is 0 Å². The van der Waals surface area contributed by atoms with Gasteiger partial charge in [-0.15, -0.1) is 11.3 Å². The first kappa shape index (κ1) is 65.9. The van der Waals surface area contributed by atoms with Gasteiger partial charge in [0, 0.05) is 108 Å².